The summed E-state index contributed by atoms with van der Waals surface area (Å²) in [6.45, 7) is 3.28. The van der Waals surface area contributed by atoms with Gasteiger partial charge < -0.3 is 10.1 Å². The van der Waals surface area contributed by atoms with E-state index in [1.54, 1.807) is 7.11 Å². The first kappa shape index (κ1) is 12.7. The van der Waals surface area contributed by atoms with E-state index in [0.717, 1.165) is 23.8 Å². The van der Waals surface area contributed by atoms with E-state index in [-0.39, 0.29) is 0 Å². The molecule has 3 fully saturated rings. The number of hydrogen-bond acceptors (Lipinski definition) is 2. The van der Waals surface area contributed by atoms with Gasteiger partial charge in [0.1, 0.15) is 5.75 Å². The predicted molar refractivity (Wildman–Crippen MR) is 81.3 cm³/mol. The fourth-order valence-corrected chi connectivity index (χ4v) is 4.12. The van der Waals surface area contributed by atoms with E-state index in [0.29, 0.717) is 5.41 Å². The van der Waals surface area contributed by atoms with E-state index < -0.39 is 0 Å². The zero-order chi connectivity index (χ0) is 13.8. The Balaban J connectivity index is 1.60. The standard InChI is InChI=1S/C18H25NO/c1-13-3-4-14(9-16(13)20-2)18(12-19-15-5-6-15)10-17(11-18)7-8-17/h3-4,9,15,19H,5-8,10-12H2,1-2H3. The van der Waals surface area contributed by atoms with Crippen LogP contribution in [0.5, 0.6) is 5.75 Å². The van der Waals surface area contributed by atoms with Crippen molar-refractivity contribution in [2.24, 2.45) is 5.41 Å². The number of rotatable bonds is 5. The minimum atomic E-state index is 0.375. The smallest absolute Gasteiger partial charge is 0.122 e. The van der Waals surface area contributed by atoms with Gasteiger partial charge in [0.25, 0.3) is 0 Å². The molecule has 0 amide bonds. The van der Waals surface area contributed by atoms with Crippen molar-refractivity contribution < 1.29 is 4.74 Å². The van der Waals surface area contributed by atoms with Gasteiger partial charge in [-0.2, -0.15) is 0 Å². The molecule has 1 spiro atoms. The van der Waals surface area contributed by atoms with Gasteiger partial charge in [0.2, 0.25) is 0 Å². The second-order valence-electron chi connectivity index (χ2n) is 7.47. The molecule has 1 aromatic carbocycles. The molecule has 1 N–H and O–H groups in total. The highest BCUT2D eigenvalue weighted by Gasteiger charge is 2.61. The molecule has 3 aliphatic rings. The number of methoxy groups -OCH3 is 1. The lowest BCUT2D eigenvalue weighted by atomic mass is 9.56. The van der Waals surface area contributed by atoms with Crippen LogP contribution in [0.25, 0.3) is 0 Å². The summed E-state index contributed by atoms with van der Waals surface area (Å²) >= 11 is 0. The van der Waals surface area contributed by atoms with Crippen molar-refractivity contribution in [3.8, 4) is 5.75 Å². The monoisotopic (exact) mass is 271 g/mol. The van der Waals surface area contributed by atoms with E-state index in [1.807, 2.05) is 0 Å². The first-order valence-electron chi connectivity index (χ1n) is 8.03. The molecule has 2 heteroatoms. The van der Waals surface area contributed by atoms with Crippen LogP contribution in [0.15, 0.2) is 18.2 Å². The molecule has 0 aromatic heterocycles. The second-order valence-corrected chi connectivity index (χ2v) is 7.47. The van der Waals surface area contributed by atoms with Crippen molar-refractivity contribution in [1.29, 1.82) is 0 Å². The van der Waals surface area contributed by atoms with Crippen molar-refractivity contribution in [3.05, 3.63) is 29.3 Å². The van der Waals surface area contributed by atoms with E-state index in [9.17, 15) is 0 Å². The topological polar surface area (TPSA) is 21.3 Å². The van der Waals surface area contributed by atoms with Gasteiger partial charge in [-0.15, -0.1) is 0 Å². The van der Waals surface area contributed by atoms with Gasteiger partial charge in [-0.25, -0.2) is 0 Å². The summed E-state index contributed by atoms with van der Waals surface area (Å²) in [6, 6.07) is 7.65. The van der Waals surface area contributed by atoms with Crippen LogP contribution in [0.1, 0.15) is 49.7 Å². The molecule has 0 atom stereocenters. The zero-order valence-corrected chi connectivity index (χ0v) is 12.7. The first-order valence-corrected chi connectivity index (χ1v) is 8.03. The number of aryl methyl sites for hydroxylation is 1. The van der Waals surface area contributed by atoms with Crippen molar-refractivity contribution in [1.82, 2.24) is 5.32 Å². The zero-order valence-electron chi connectivity index (χ0n) is 12.7. The van der Waals surface area contributed by atoms with Gasteiger partial charge in [-0.1, -0.05) is 12.1 Å². The van der Waals surface area contributed by atoms with Gasteiger partial charge in [-0.3, -0.25) is 0 Å². The van der Waals surface area contributed by atoms with Crippen LogP contribution in [-0.2, 0) is 5.41 Å². The summed E-state index contributed by atoms with van der Waals surface area (Å²) in [5.74, 6) is 1.05. The third kappa shape index (κ3) is 2.05. The Morgan fingerprint density at radius 2 is 2.00 bits per heavy atom. The van der Waals surface area contributed by atoms with Gasteiger partial charge >= 0.3 is 0 Å². The maximum atomic E-state index is 5.53. The second kappa shape index (κ2) is 4.24. The minimum Gasteiger partial charge on any atom is -0.496 e. The Bertz CT molecular complexity index is 520. The summed E-state index contributed by atoms with van der Waals surface area (Å²) in [4.78, 5) is 0. The minimum absolute atomic E-state index is 0.375. The largest absolute Gasteiger partial charge is 0.496 e. The molecular weight excluding hydrogens is 246 g/mol. The van der Waals surface area contributed by atoms with Crippen LogP contribution < -0.4 is 10.1 Å². The Labute approximate surface area is 121 Å². The van der Waals surface area contributed by atoms with Gasteiger partial charge in [0.15, 0.2) is 0 Å². The molecule has 3 aliphatic carbocycles. The Hall–Kier alpha value is -1.02. The van der Waals surface area contributed by atoms with Gasteiger partial charge in [0.05, 0.1) is 7.11 Å². The lowest BCUT2D eigenvalue weighted by Crippen LogP contribution is -2.50. The van der Waals surface area contributed by atoms with Crippen LogP contribution in [0.2, 0.25) is 0 Å². The third-order valence-electron chi connectivity index (χ3n) is 5.71. The summed E-state index contributed by atoms with van der Waals surface area (Å²) in [7, 11) is 1.78. The highest BCUT2D eigenvalue weighted by molar-refractivity contribution is 5.43. The molecule has 0 saturated heterocycles. The molecular formula is C18H25NO. The van der Waals surface area contributed by atoms with Crippen LogP contribution >= 0.6 is 0 Å². The molecule has 0 aliphatic heterocycles. The normalized spacial score (nSPS) is 25.3. The van der Waals surface area contributed by atoms with Crippen LogP contribution in [0.3, 0.4) is 0 Å². The Morgan fingerprint density at radius 1 is 1.25 bits per heavy atom. The van der Waals surface area contributed by atoms with E-state index in [2.05, 4.69) is 30.4 Å². The highest BCUT2D eigenvalue weighted by Crippen LogP contribution is 2.69. The number of ether oxygens (including phenoxy) is 1. The molecule has 108 valence electrons. The van der Waals surface area contributed by atoms with Crippen molar-refractivity contribution >= 4 is 0 Å². The average Bonchev–Trinajstić information content (AvgIpc) is 3.29. The molecule has 0 radical (unpaired) electrons. The SMILES string of the molecule is COc1cc(C2(CNC3CC3)CC3(CC3)C2)ccc1C. The Morgan fingerprint density at radius 3 is 2.60 bits per heavy atom. The molecule has 4 rings (SSSR count). The fraction of sp³-hybridized carbons (Fsp3) is 0.667. The quantitative estimate of drug-likeness (QED) is 0.884. The van der Waals surface area contributed by atoms with Gasteiger partial charge in [-0.05, 0) is 68.1 Å². The average molecular weight is 271 g/mol. The van der Waals surface area contributed by atoms with Crippen molar-refractivity contribution in [2.75, 3.05) is 13.7 Å². The van der Waals surface area contributed by atoms with E-state index in [4.69, 9.17) is 4.74 Å². The number of nitrogens with one attached hydrogen (secondary N) is 1. The fourth-order valence-electron chi connectivity index (χ4n) is 4.12. The molecule has 3 saturated carbocycles. The summed E-state index contributed by atoms with van der Waals surface area (Å²) in [6.07, 6.45) is 8.43. The summed E-state index contributed by atoms with van der Waals surface area (Å²) in [5.41, 5.74) is 3.83. The Kier molecular flexibility index (Phi) is 2.69. The van der Waals surface area contributed by atoms with Crippen molar-refractivity contribution in [3.63, 3.8) is 0 Å². The van der Waals surface area contributed by atoms with E-state index >= 15 is 0 Å². The van der Waals surface area contributed by atoms with Crippen LogP contribution in [-0.4, -0.2) is 19.7 Å². The summed E-state index contributed by atoms with van der Waals surface area (Å²) < 4.78 is 5.53. The van der Waals surface area contributed by atoms with Crippen LogP contribution in [0.4, 0.5) is 0 Å². The lowest BCUT2D eigenvalue weighted by molar-refractivity contribution is 0.115. The maximum Gasteiger partial charge on any atom is 0.122 e. The number of hydrogen-bond donors (Lipinski definition) is 1. The molecule has 0 heterocycles. The molecule has 20 heavy (non-hydrogen) atoms. The molecule has 0 bridgehead atoms. The maximum absolute atomic E-state index is 5.53. The predicted octanol–water partition coefficient (Wildman–Crippen LogP) is 3.57. The third-order valence-corrected chi connectivity index (χ3v) is 5.71. The lowest BCUT2D eigenvalue weighted by Gasteiger charge is -2.50. The number of benzene rings is 1. The highest BCUT2D eigenvalue weighted by atomic mass is 16.5. The molecule has 2 nitrogen and oxygen atoms in total. The van der Waals surface area contributed by atoms with E-state index in [1.165, 1.54) is 49.7 Å². The summed E-state index contributed by atoms with van der Waals surface area (Å²) in [5, 5.41) is 3.77. The molecule has 0 unspecified atom stereocenters. The van der Waals surface area contributed by atoms with Crippen molar-refractivity contribution in [2.45, 2.75) is 56.9 Å². The first-order chi connectivity index (χ1) is 9.65. The van der Waals surface area contributed by atoms with Crippen LogP contribution in [0, 0.1) is 12.3 Å². The van der Waals surface area contributed by atoms with Gasteiger partial charge in [0, 0.05) is 18.0 Å². The molecule has 1 aromatic rings.